The first-order chi connectivity index (χ1) is 26.6. The summed E-state index contributed by atoms with van der Waals surface area (Å²) in [4.78, 5) is 34.4. The minimum absolute atomic E-state index is 0.0253. The van der Waals surface area contributed by atoms with Crippen LogP contribution in [0.2, 0.25) is 0 Å². The summed E-state index contributed by atoms with van der Waals surface area (Å²) in [6.07, 6.45) is 0.593. The van der Waals surface area contributed by atoms with E-state index in [-0.39, 0.29) is 23.8 Å². The van der Waals surface area contributed by atoms with Crippen LogP contribution in [0.3, 0.4) is 0 Å². The molecule has 0 unspecified atom stereocenters. The van der Waals surface area contributed by atoms with Crippen LogP contribution in [0, 0.1) is 27.7 Å². The Kier molecular flexibility index (Phi) is 12.6. The summed E-state index contributed by atoms with van der Waals surface area (Å²) in [6, 6.07) is 16.1. The van der Waals surface area contributed by atoms with Crippen LogP contribution in [0.15, 0.2) is 48.5 Å². The van der Waals surface area contributed by atoms with Crippen molar-refractivity contribution in [2.24, 2.45) is 0 Å². The van der Waals surface area contributed by atoms with Crippen LogP contribution in [0.25, 0.3) is 50.1 Å². The molecule has 0 bridgehead atoms. The van der Waals surface area contributed by atoms with Crippen molar-refractivity contribution in [3.8, 4) is 73.1 Å². The lowest BCUT2D eigenvalue weighted by Gasteiger charge is -2.17. The topological polar surface area (TPSA) is 71.1 Å². The Bertz CT molecular complexity index is 2250. The minimum atomic E-state index is -0.0253. The SMILES string of the molecule is COc1cccc(OC(C)C)c1-c1sc(-c2sc(-c3sc(-c4cc(CC(C)=O)c(-c5c(OC)cccc5OC(C)C)s4)c(C)c3C)c(C)c2C)cc1CC(C)=O. The Balaban J connectivity index is 1.48. The van der Waals surface area contributed by atoms with Crippen molar-refractivity contribution in [3.63, 3.8) is 0 Å². The molecule has 0 aliphatic heterocycles. The van der Waals surface area contributed by atoms with Crippen LogP contribution < -0.4 is 18.9 Å². The van der Waals surface area contributed by atoms with Gasteiger partial charge in [-0.3, -0.25) is 9.59 Å². The molecule has 6 nitrogen and oxygen atoms in total. The van der Waals surface area contributed by atoms with Crippen LogP contribution in [0.5, 0.6) is 23.0 Å². The van der Waals surface area contributed by atoms with Crippen molar-refractivity contribution in [2.45, 2.75) is 94.3 Å². The summed E-state index contributed by atoms with van der Waals surface area (Å²) >= 11 is 7.00. The van der Waals surface area contributed by atoms with E-state index >= 15 is 0 Å². The van der Waals surface area contributed by atoms with E-state index < -0.39 is 0 Å². The monoisotopic (exact) mass is 826 g/mol. The second-order valence-electron chi connectivity index (χ2n) is 14.7. The Labute approximate surface area is 347 Å². The summed E-state index contributed by atoms with van der Waals surface area (Å²) in [7, 11) is 3.35. The molecular formula is C46H50O6S4. The van der Waals surface area contributed by atoms with Gasteiger partial charge in [0.15, 0.2) is 0 Å². The molecule has 0 amide bonds. The van der Waals surface area contributed by atoms with Crippen LogP contribution >= 0.6 is 45.3 Å². The van der Waals surface area contributed by atoms with Gasteiger partial charge in [0.2, 0.25) is 0 Å². The van der Waals surface area contributed by atoms with E-state index in [1.807, 2.05) is 86.8 Å². The van der Waals surface area contributed by atoms with E-state index in [1.54, 1.807) is 50.7 Å². The molecule has 2 aromatic carbocycles. The molecular weight excluding hydrogens is 777 g/mol. The molecule has 0 fully saturated rings. The first-order valence-electron chi connectivity index (χ1n) is 18.8. The Morgan fingerprint density at radius 1 is 0.518 bits per heavy atom. The maximum Gasteiger partial charge on any atom is 0.134 e. The molecule has 56 heavy (non-hydrogen) atoms. The molecule has 6 aromatic rings. The first-order valence-corrected chi connectivity index (χ1v) is 22.0. The van der Waals surface area contributed by atoms with Gasteiger partial charge in [0, 0.05) is 51.9 Å². The number of Topliss-reactive ketones (excluding diaryl/α,β-unsaturated/α-hetero) is 2. The van der Waals surface area contributed by atoms with Gasteiger partial charge in [-0.05, 0) is 139 Å². The van der Waals surface area contributed by atoms with Gasteiger partial charge < -0.3 is 18.9 Å². The zero-order valence-electron chi connectivity index (χ0n) is 34.3. The van der Waals surface area contributed by atoms with Crippen molar-refractivity contribution in [3.05, 3.63) is 81.9 Å². The summed E-state index contributed by atoms with van der Waals surface area (Å²) in [6.45, 7) is 20.2. The number of ketones is 2. The number of carbonyl (C=O) groups is 2. The van der Waals surface area contributed by atoms with Gasteiger partial charge in [-0.2, -0.15) is 0 Å². The van der Waals surface area contributed by atoms with Crippen LogP contribution in [-0.2, 0) is 22.4 Å². The van der Waals surface area contributed by atoms with E-state index in [0.29, 0.717) is 12.8 Å². The quantitative estimate of drug-likeness (QED) is 0.103. The highest BCUT2D eigenvalue weighted by molar-refractivity contribution is 7.29. The molecule has 0 atom stereocenters. The Morgan fingerprint density at radius 2 is 0.857 bits per heavy atom. The van der Waals surface area contributed by atoms with Gasteiger partial charge in [-0.15, -0.1) is 45.3 Å². The van der Waals surface area contributed by atoms with E-state index in [9.17, 15) is 9.59 Å². The summed E-state index contributed by atoms with van der Waals surface area (Å²) in [5, 5.41) is 0. The van der Waals surface area contributed by atoms with Gasteiger partial charge >= 0.3 is 0 Å². The molecule has 0 saturated heterocycles. The van der Waals surface area contributed by atoms with Gasteiger partial charge in [-0.25, -0.2) is 0 Å². The van der Waals surface area contributed by atoms with Crippen LogP contribution in [-0.4, -0.2) is 38.0 Å². The number of hydrogen-bond donors (Lipinski definition) is 0. The zero-order valence-corrected chi connectivity index (χ0v) is 37.5. The van der Waals surface area contributed by atoms with E-state index in [0.717, 1.165) is 64.8 Å². The fourth-order valence-corrected chi connectivity index (χ4v) is 12.6. The number of hydrogen-bond acceptors (Lipinski definition) is 10. The lowest BCUT2D eigenvalue weighted by molar-refractivity contribution is -0.117. The molecule has 6 rings (SSSR count). The molecule has 4 heterocycles. The summed E-state index contributed by atoms with van der Waals surface area (Å²) < 4.78 is 24.3. The number of methoxy groups -OCH3 is 2. The van der Waals surface area contributed by atoms with Crippen LogP contribution in [0.4, 0.5) is 0 Å². The fourth-order valence-electron chi connectivity index (χ4n) is 6.91. The lowest BCUT2D eigenvalue weighted by Crippen LogP contribution is -2.07. The van der Waals surface area contributed by atoms with Crippen molar-refractivity contribution in [2.75, 3.05) is 14.2 Å². The fraction of sp³-hybridized carbons (Fsp3) is 0.348. The maximum atomic E-state index is 12.6. The van der Waals surface area contributed by atoms with Crippen molar-refractivity contribution in [1.29, 1.82) is 0 Å². The molecule has 0 aliphatic carbocycles. The lowest BCUT2D eigenvalue weighted by atomic mass is 10.0. The Morgan fingerprint density at radius 3 is 1.18 bits per heavy atom. The van der Waals surface area contributed by atoms with Crippen molar-refractivity contribution >= 4 is 56.9 Å². The number of carbonyl (C=O) groups excluding carboxylic acids is 2. The van der Waals surface area contributed by atoms with E-state index in [1.165, 1.54) is 41.8 Å². The second kappa shape index (κ2) is 17.1. The third-order valence-corrected chi connectivity index (χ3v) is 15.3. The molecule has 294 valence electrons. The van der Waals surface area contributed by atoms with E-state index in [4.69, 9.17) is 18.9 Å². The largest absolute Gasteiger partial charge is 0.496 e. The number of thiophene rings is 4. The van der Waals surface area contributed by atoms with Crippen molar-refractivity contribution in [1.82, 2.24) is 0 Å². The van der Waals surface area contributed by atoms with Gasteiger partial charge in [0.25, 0.3) is 0 Å². The molecule has 4 aromatic heterocycles. The molecule has 10 heteroatoms. The molecule has 0 saturated carbocycles. The standard InChI is InChI=1S/C46H50O6S4/c1-23(2)51-35-17-13-15-33(49-11)39(35)45-31(19-25(5)47)21-37(53-45)41-27(7)29(9)43(55-41)44-30(10)28(8)42(56-44)38-22-32(20-26(6)48)46(54-38)40-34(50-12)16-14-18-36(40)52-24(3)4/h13-18,21-24H,19-20H2,1-12H3. The molecule has 0 radical (unpaired) electrons. The summed E-state index contributed by atoms with van der Waals surface area (Å²) in [5.41, 5.74) is 8.67. The first kappa shape index (κ1) is 41.4. The third-order valence-electron chi connectivity index (χ3n) is 9.64. The average molecular weight is 827 g/mol. The second-order valence-corrected chi connectivity index (χ2v) is 18.9. The number of benzene rings is 2. The number of rotatable bonds is 15. The maximum absolute atomic E-state index is 12.6. The average Bonchev–Trinajstić information content (AvgIpc) is 3.88. The van der Waals surface area contributed by atoms with Crippen LogP contribution in [0.1, 0.15) is 74.9 Å². The number of ether oxygens (including phenoxy) is 4. The highest BCUT2D eigenvalue weighted by Gasteiger charge is 2.27. The van der Waals surface area contributed by atoms with Gasteiger partial charge in [-0.1, -0.05) is 12.1 Å². The molecule has 0 N–H and O–H groups in total. The Hall–Kier alpha value is -4.22. The molecule has 0 aliphatic rings. The van der Waals surface area contributed by atoms with Gasteiger partial charge in [0.05, 0.1) is 37.6 Å². The predicted octanol–water partition coefficient (Wildman–Crippen LogP) is 13.4. The summed E-state index contributed by atoms with van der Waals surface area (Å²) in [5.74, 6) is 3.13. The van der Waals surface area contributed by atoms with Crippen molar-refractivity contribution < 1.29 is 28.5 Å². The van der Waals surface area contributed by atoms with Gasteiger partial charge in [0.1, 0.15) is 34.6 Å². The zero-order chi connectivity index (χ0) is 40.6. The predicted molar refractivity (Wildman–Crippen MR) is 237 cm³/mol. The smallest absolute Gasteiger partial charge is 0.134 e. The van der Waals surface area contributed by atoms with E-state index in [2.05, 4.69) is 39.8 Å². The molecule has 0 spiro atoms. The highest BCUT2D eigenvalue weighted by Crippen LogP contribution is 2.54. The normalized spacial score (nSPS) is 11.5. The highest BCUT2D eigenvalue weighted by atomic mass is 32.1. The minimum Gasteiger partial charge on any atom is -0.496 e. The third kappa shape index (κ3) is 8.26.